The molecule has 1 rings (SSSR count). The lowest BCUT2D eigenvalue weighted by atomic mass is 10.2. The Hall–Kier alpha value is -0.950. The van der Waals surface area contributed by atoms with Crippen LogP contribution in [-0.4, -0.2) is 43.9 Å². The lowest BCUT2D eigenvalue weighted by Gasteiger charge is -2.16. The molecule has 1 aromatic heterocycles. The number of carbonyl (C=O) groups excluding carboxylic acids is 1. The van der Waals surface area contributed by atoms with E-state index in [1.807, 2.05) is 16.8 Å². The summed E-state index contributed by atoms with van der Waals surface area (Å²) in [7, 11) is 1.59. The Kier molecular flexibility index (Phi) is 6.89. The first-order valence-corrected chi connectivity index (χ1v) is 6.79. The van der Waals surface area contributed by atoms with Crippen molar-refractivity contribution >= 4 is 17.2 Å². The first-order valence-electron chi connectivity index (χ1n) is 5.85. The summed E-state index contributed by atoms with van der Waals surface area (Å²) in [5.41, 5.74) is 0.875. The highest BCUT2D eigenvalue weighted by atomic mass is 32.1. The number of aliphatic hydroxyl groups is 1. The maximum absolute atomic E-state index is 11.6. The van der Waals surface area contributed by atoms with Gasteiger partial charge in [0.1, 0.15) is 0 Å². The van der Waals surface area contributed by atoms with Crippen molar-refractivity contribution in [3.05, 3.63) is 22.4 Å². The van der Waals surface area contributed by atoms with Crippen LogP contribution in [0.5, 0.6) is 0 Å². The van der Waals surface area contributed by atoms with Gasteiger partial charge in [-0.15, -0.1) is 0 Å². The van der Waals surface area contributed by atoms with Gasteiger partial charge < -0.3 is 20.5 Å². The third kappa shape index (κ3) is 5.14. The second kappa shape index (κ2) is 8.20. The minimum atomic E-state index is -0.578. The molecule has 0 saturated carbocycles. The Balaban J connectivity index is 2.23. The number of thiophene rings is 1. The van der Waals surface area contributed by atoms with Gasteiger partial charge in [0, 0.05) is 20.2 Å². The van der Waals surface area contributed by atoms with Crippen LogP contribution in [0.1, 0.15) is 18.6 Å². The Morgan fingerprint density at radius 1 is 1.61 bits per heavy atom. The van der Waals surface area contributed by atoms with Crippen LogP contribution >= 0.6 is 11.3 Å². The standard InChI is InChI=1S/C12H20N2O3S/c1-9(12(16)13-4-5-17-2)14-7-11(15)10-3-6-18-8-10/h3,6,8-9,11,14-15H,4-5,7H2,1-2H3,(H,13,16). The summed E-state index contributed by atoms with van der Waals surface area (Å²) in [4.78, 5) is 11.6. The number of nitrogens with one attached hydrogen (secondary N) is 2. The molecule has 5 nitrogen and oxygen atoms in total. The summed E-state index contributed by atoms with van der Waals surface area (Å²) in [6, 6.07) is 1.54. The summed E-state index contributed by atoms with van der Waals surface area (Å²) in [6.07, 6.45) is -0.578. The number of aliphatic hydroxyl groups excluding tert-OH is 1. The molecule has 0 fully saturated rings. The maximum Gasteiger partial charge on any atom is 0.236 e. The molecule has 0 spiro atoms. The van der Waals surface area contributed by atoms with E-state index in [2.05, 4.69) is 10.6 Å². The monoisotopic (exact) mass is 272 g/mol. The summed E-state index contributed by atoms with van der Waals surface area (Å²) < 4.78 is 4.85. The topological polar surface area (TPSA) is 70.6 Å². The molecule has 0 bridgehead atoms. The third-order valence-corrected chi connectivity index (χ3v) is 3.25. The number of amides is 1. The average molecular weight is 272 g/mol. The molecule has 0 aliphatic carbocycles. The molecule has 18 heavy (non-hydrogen) atoms. The van der Waals surface area contributed by atoms with Gasteiger partial charge in [-0.25, -0.2) is 0 Å². The van der Waals surface area contributed by atoms with Crippen LogP contribution in [0.4, 0.5) is 0 Å². The molecule has 0 aliphatic heterocycles. The van der Waals surface area contributed by atoms with Crippen molar-refractivity contribution in [3.63, 3.8) is 0 Å². The molecule has 1 aromatic rings. The molecule has 3 N–H and O–H groups in total. The van der Waals surface area contributed by atoms with Crippen molar-refractivity contribution in [1.29, 1.82) is 0 Å². The zero-order valence-corrected chi connectivity index (χ0v) is 11.5. The van der Waals surface area contributed by atoms with Crippen LogP contribution < -0.4 is 10.6 Å². The Morgan fingerprint density at radius 2 is 2.39 bits per heavy atom. The van der Waals surface area contributed by atoms with Crippen LogP contribution in [0, 0.1) is 0 Å². The van der Waals surface area contributed by atoms with Gasteiger partial charge in [-0.3, -0.25) is 4.79 Å². The van der Waals surface area contributed by atoms with Crippen molar-refractivity contribution in [2.75, 3.05) is 26.8 Å². The average Bonchev–Trinajstić information content (AvgIpc) is 2.89. The lowest BCUT2D eigenvalue weighted by Crippen LogP contribution is -2.44. The highest BCUT2D eigenvalue weighted by Gasteiger charge is 2.14. The number of ether oxygens (including phenoxy) is 1. The van der Waals surface area contributed by atoms with E-state index in [1.54, 1.807) is 25.4 Å². The van der Waals surface area contributed by atoms with Crippen LogP contribution in [0.3, 0.4) is 0 Å². The number of hydrogen-bond acceptors (Lipinski definition) is 5. The summed E-state index contributed by atoms with van der Waals surface area (Å²) in [6.45, 7) is 3.11. The molecule has 1 heterocycles. The minimum absolute atomic E-state index is 0.0930. The van der Waals surface area contributed by atoms with Crippen LogP contribution in [0.2, 0.25) is 0 Å². The van der Waals surface area contributed by atoms with E-state index in [0.717, 1.165) is 5.56 Å². The van der Waals surface area contributed by atoms with Gasteiger partial charge in [0.05, 0.1) is 18.8 Å². The van der Waals surface area contributed by atoms with Crippen LogP contribution in [-0.2, 0) is 9.53 Å². The van der Waals surface area contributed by atoms with Gasteiger partial charge in [-0.05, 0) is 29.3 Å². The number of hydrogen-bond donors (Lipinski definition) is 3. The van der Waals surface area contributed by atoms with Crippen molar-refractivity contribution in [2.45, 2.75) is 19.1 Å². The molecular weight excluding hydrogens is 252 g/mol. The zero-order chi connectivity index (χ0) is 13.4. The van der Waals surface area contributed by atoms with Gasteiger partial charge in [-0.2, -0.15) is 11.3 Å². The quantitative estimate of drug-likeness (QED) is 0.604. The Labute approximate surface area is 111 Å². The fourth-order valence-corrected chi connectivity index (χ4v) is 2.10. The zero-order valence-electron chi connectivity index (χ0n) is 10.7. The van der Waals surface area contributed by atoms with Crippen molar-refractivity contribution in [1.82, 2.24) is 10.6 Å². The van der Waals surface area contributed by atoms with Gasteiger partial charge in [0.25, 0.3) is 0 Å². The lowest BCUT2D eigenvalue weighted by molar-refractivity contribution is -0.123. The predicted molar refractivity (Wildman–Crippen MR) is 71.6 cm³/mol. The third-order valence-electron chi connectivity index (χ3n) is 2.54. The highest BCUT2D eigenvalue weighted by Crippen LogP contribution is 2.15. The number of carbonyl (C=O) groups is 1. The van der Waals surface area contributed by atoms with Gasteiger partial charge in [-0.1, -0.05) is 0 Å². The Morgan fingerprint density at radius 3 is 3.00 bits per heavy atom. The van der Waals surface area contributed by atoms with Crippen molar-refractivity contribution in [3.8, 4) is 0 Å². The van der Waals surface area contributed by atoms with E-state index in [4.69, 9.17) is 4.74 Å². The van der Waals surface area contributed by atoms with E-state index in [-0.39, 0.29) is 11.9 Å². The molecule has 2 unspecified atom stereocenters. The van der Waals surface area contributed by atoms with E-state index in [1.165, 1.54) is 0 Å². The maximum atomic E-state index is 11.6. The summed E-state index contributed by atoms with van der Waals surface area (Å²) in [5, 5.41) is 19.4. The molecule has 6 heteroatoms. The number of rotatable bonds is 8. The second-order valence-corrected chi connectivity index (χ2v) is 4.77. The minimum Gasteiger partial charge on any atom is -0.387 e. The largest absolute Gasteiger partial charge is 0.387 e. The van der Waals surface area contributed by atoms with E-state index in [0.29, 0.717) is 19.7 Å². The van der Waals surface area contributed by atoms with Crippen LogP contribution in [0.15, 0.2) is 16.8 Å². The summed E-state index contributed by atoms with van der Waals surface area (Å²) >= 11 is 1.54. The van der Waals surface area contributed by atoms with E-state index < -0.39 is 6.10 Å². The van der Waals surface area contributed by atoms with Crippen molar-refractivity contribution < 1.29 is 14.6 Å². The second-order valence-electron chi connectivity index (χ2n) is 3.99. The van der Waals surface area contributed by atoms with Crippen molar-refractivity contribution in [2.24, 2.45) is 0 Å². The van der Waals surface area contributed by atoms with Gasteiger partial charge in [0.15, 0.2) is 0 Å². The van der Waals surface area contributed by atoms with E-state index >= 15 is 0 Å². The SMILES string of the molecule is COCCNC(=O)C(C)NCC(O)c1ccsc1. The number of methoxy groups -OCH3 is 1. The molecule has 0 aliphatic rings. The Bertz CT molecular complexity index is 343. The fourth-order valence-electron chi connectivity index (χ4n) is 1.39. The summed E-state index contributed by atoms with van der Waals surface area (Å²) in [5.74, 6) is -0.0930. The molecule has 2 atom stereocenters. The van der Waals surface area contributed by atoms with Crippen LogP contribution in [0.25, 0.3) is 0 Å². The predicted octanol–water partition coefficient (Wildman–Crippen LogP) is 0.522. The molecule has 0 saturated heterocycles. The first-order chi connectivity index (χ1) is 8.65. The highest BCUT2D eigenvalue weighted by molar-refractivity contribution is 7.07. The molecule has 102 valence electrons. The molecule has 1 amide bonds. The van der Waals surface area contributed by atoms with E-state index in [9.17, 15) is 9.90 Å². The van der Waals surface area contributed by atoms with Gasteiger partial charge in [0.2, 0.25) is 5.91 Å². The molecule has 0 aromatic carbocycles. The van der Waals surface area contributed by atoms with Gasteiger partial charge >= 0.3 is 0 Å². The normalized spacial score (nSPS) is 14.2. The molecular formula is C12H20N2O3S. The molecule has 0 radical (unpaired) electrons. The smallest absolute Gasteiger partial charge is 0.236 e. The first kappa shape index (κ1) is 15.1. The fraction of sp³-hybridized carbons (Fsp3) is 0.583.